The Kier molecular flexibility index (Phi) is 6.56. The van der Waals surface area contributed by atoms with Gasteiger partial charge in [0.05, 0.1) is 6.10 Å². The van der Waals surface area contributed by atoms with Gasteiger partial charge in [0.15, 0.2) is 0 Å². The van der Waals surface area contributed by atoms with E-state index in [2.05, 4.69) is 65.5 Å². The average Bonchev–Trinajstić information content (AvgIpc) is 2.81. The van der Waals surface area contributed by atoms with Gasteiger partial charge in [-0.1, -0.05) is 55.5 Å². The van der Waals surface area contributed by atoms with Crippen LogP contribution in [0.3, 0.4) is 0 Å². The molecular formula is C26H32N2O. The van der Waals surface area contributed by atoms with Crippen molar-refractivity contribution in [3.8, 4) is 0 Å². The lowest BCUT2D eigenvalue weighted by Gasteiger charge is -2.33. The highest BCUT2D eigenvalue weighted by Gasteiger charge is 2.30. The number of hydrogen-bond acceptors (Lipinski definition) is 3. The van der Waals surface area contributed by atoms with Gasteiger partial charge in [-0.25, -0.2) is 0 Å². The molecule has 152 valence electrons. The predicted molar refractivity (Wildman–Crippen MR) is 122 cm³/mol. The van der Waals surface area contributed by atoms with Crippen LogP contribution in [0, 0.1) is 29.6 Å². The highest BCUT2D eigenvalue weighted by Crippen LogP contribution is 2.38. The van der Waals surface area contributed by atoms with Crippen molar-refractivity contribution in [2.75, 3.05) is 7.11 Å². The third-order valence-corrected chi connectivity index (χ3v) is 6.74. The van der Waals surface area contributed by atoms with Crippen molar-refractivity contribution in [3.05, 3.63) is 72.2 Å². The van der Waals surface area contributed by atoms with Crippen LogP contribution in [0.2, 0.25) is 0 Å². The van der Waals surface area contributed by atoms with Crippen molar-refractivity contribution in [1.82, 2.24) is 0 Å². The quantitative estimate of drug-likeness (QED) is 0.562. The van der Waals surface area contributed by atoms with E-state index < -0.39 is 0 Å². The monoisotopic (exact) mass is 388 g/mol. The summed E-state index contributed by atoms with van der Waals surface area (Å²) in [6.45, 7) is 2.30. The van der Waals surface area contributed by atoms with Gasteiger partial charge in [-0.15, -0.1) is 0 Å². The molecule has 0 aromatic heterocycles. The van der Waals surface area contributed by atoms with Crippen LogP contribution in [0.5, 0.6) is 0 Å². The zero-order chi connectivity index (χ0) is 20.1. The van der Waals surface area contributed by atoms with Gasteiger partial charge >= 0.3 is 0 Å². The third kappa shape index (κ3) is 4.51. The van der Waals surface area contributed by atoms with Gasteiger partial charge in [-0.3, -0.25) is 9.98 Å². The van der Waals surface area contributed by atoms with Crippen molar-refractivity contribution in [2.45, 2.75) is 38.7 Å². The Morgan fingerprint density at radius 2 is 1.59 bits per heavy atom. The minimum atomic E-state index is 0.136. The topological polar surface area (TPSA) is 34.0 Å². The summed E-state index contributed by atoms with van der Waals surface area (Å²) in [7, 11) is 1.82. The number of aliphatic imine (C=N–C) groups is 2. The third-order valence-electron chi connectivity index (χ3n) is 6.74. The van der Waals surface area contributed by atoms with Crippen LogP contribution in [0.15, 0.2) is 82.1 Å². The molecule has 0 spiro atoms. The second-order valence-corrected chi connectivity index (χ2v) is 8.37. The van der Waals surface area contributed by atoms with E-state index in [1.54, 1.807) is 0 Å². The molecular weight excluding hydrogens is 356 g/mol. The summed E-state index contributed by atoms with van der Waals surface area (Å²) >= 11 is 0. The fourth-order valence-electron chi connectivity index (χ4n) is 5.00. The molecule has 0 radical (unpaired) electrons. The first-order chi connectivity index (χ1) is 14.3. The van der Waals surface area contributed by atoms with E-state index in [-0.39, 0.29) is 6.10 Å². The molecule has 0 saturated carbocycles. The van der Waals surface area contributed by atoms with E-state index in [0.29, 0.717) is 29.6 Å². The van der Waals surface area contributed by atoms with Gasteiger partial charge in [-0.05, 0) is 54.6 Å². The van der Waals surface area contributed by atoms with Crippen LogP contribution in [0.25, 0.3) is 0 Å². The Labute approximate surface area is 175 Å². The molecule has 4 aliphatic rings. The Hall–Kier alpha value is -2.26. The lowest BCUT2D eigenvalue weighted by molar-refractivity contribution is 0.0901. The second kappa shape index (κ2) is 9.49. The summed E-state index contributed by atoms with van der Waals surface area (Å²) in [5.41, 5.74) is 2.89. The summed E-state index contributed by atoms with van der Waals surface area (Å²) < 4.78 is 5.79. The van der Waals surface area contributed by atoms with Crippen molar-refractivity contribution < 1.29 is 4.74 Å². The van der Waals surface area contributed by atoms with Gasteiger partial charge in [0, 0.05) is 43.8 Å². The summed E-state index contributed by atoms with van der Waals surface area (Å²) in [4.78, 5) is 8.46. The molecule has 2 aliphatic heterocycles. The van der Waals surface area contributed by atoms with Gasteiger partial charge in [0.1, 0.15) is 0 Å². The summed E-state index contributed by atoms with van der Waals surface area (Å²) in [6, 6.07) is 0. The van der Waals surface area contributed by atoms with Gasteiger partial charge in [0.2, 0.25) is 0 Å². The summed E-state index contributed by atoms with van der Waals surface area (Å²) in [6.07, 6.45) is 31.1. The maximum absolute atomic E-state index is 5.79. The van der Waals surface area contributed by atoms with E-state index in [9.17, 15) is 0 Å². The number of allylic oxidation sites excluding steroid dienone is 8. The summed E-state index contributed by atoms with van der Waals surface area (Å²) in [5, 5.41) is 0. The SMILES string of the molecule is CCC(C1=CCC(C2C=CN=CC2)C=C1)C1=CC(C2C=CN=CC2)C(OC)C=C1. The van der Waals surface area contributed by atoms with Gasteiger partial charge < -0.3 is 4.74 Å². The van der Waals surface area contributed by atoms with E-state index in [4.69, 9.17) is 4.74 Å². The van der Waals surface area contributed by atoms with E-state index in [1.807, 2.05) is 31.9 Å². The minimum Gasteiger partial charge on any atom is -0.377 e. The zero-order valence-electron chi connectivity index (χ0n) is 17.5. The minimum absolute atomic E-state index is 0.136. The number of methoxy groups -OCH3 is 1. The fraction of sp³-hybridized carbons (Fsp3) is 0.462. The number of rotatable bonds is 6. The van der Waals surface area contributed by atoms with E-state index in [0.717, 1.165) is 25.7 Å². The highest BCUT2D eigenvalue weighted by molar-refractivity contribution is 5.61. The van der Waals surface area contributed by atoms with Crippen LogP contribution in [0.4, 0.5) is 0 Å². The first kappa shape index (κ1) is 20.0. The largest absolute Gasteiger partial charge is 0.377 e. The maximum Gasteiger partial charge on any atom is 0.0823 e. The van der Waals surface area contributed by atoms with Crippen LogP contribution < -0.4 is 0 Å². The number of ether oxygens (including phenoxy) is 1. The molecule has 6 atom stereocenters. The Balaban J connectivity index is 1.50. The zero-order valence-corrected chi connectivity index (χ0v) is 17.5. The Morgan fingerprint density at radius 3 is 2.17 bits per heavy atom. The molecule has 0 saturated heterocycles. The van der Waals surface area contributed by atoms with E-state index in [1.165, 1.54) is 11.1 Å². The predicted octanol–water partition coefficient (Wildman–Crippen LogP) is 5.85. The van der Waals surface area contributed by atoms with Crippen LogP contribution >= 0.6 is 0 Å². The molecule has 2 aliphatic carbocycles. The molecule has 0 aromatic rings. The normalized spacial score (nSPS) is 34.2. The molecule has 0 N–H and O–H groups in total. The van der Waals surface area contributed by atoms with E-state index >= 15 is 0 Å². The standard InChI is InChI=1S/C26H32N2O/c1-3-24(21-6-4-19(5-7-21)20-10-14-27-15-11-20)23-8-9-26(29-2)25(18-23)22-12-16-28-17-13-22/h4,6-10,12,14-20,22,24-26H,3,5,11,13H2,1-2H3. The lowest BCUT2D eigenvalue weighted by Crippen LogP contribution is -2.29. The Morgan fingerprint density at radius 1 is 0.897 bits per heavy atom. The second-order valence-electron chi connectivity index (χ2n) is 8.37. The first-order valence-electron chi connectivity index (χ1n) is 11.0. The van der Waals surface area contributed by atoms with Crippen molar-refractivity contribution in [2.24, 2.45) is 39.6 Å². The molecule has 29 heavy (non-hydrogen) atoms. The van der Waals surface area contributed by atoms with Gasteiger partial charge in [0.25, 0.3) is 0 Å². The fourth-order valence-corrected chi connectivity index (χ4v) is 5.00. The number of hydrogen-bond donors (Lipinski definition) is 0. The summed E-state index contributed by atoms with van der Waals surface area (Å²) in [5.74, 6) is 2.45. The highest BCUT2D eigenvalue weighted by atomic mass is 16.5. The lowest BCUT2D eigenvalue weighted by atomic mass is 9.75. The molecule has 3 nitrogen and oxygen atoms in total. The van der Waals surface area contributed by atoms with Crippen LogP contribution in [-0.4, -0.2) is 25.6 Å². The molecule has 0 aromatic carbocycles. The molecule has 6 unspecified atom stereocenters. The van der Waals surface area contributed by atoms with Crippen LogP contribution in [0.1, 0.15) is 32.6 Å². The molecule has 2 heterocycles. The smallest absolute Gasteiger partial charge is 0.0823 e. The first-order valence-corrected chi connectivity index (χ1v) is 11.0. The van der Waals surface area contributed by atoms with Crippen molar-refractivity contribution in [3.63, 3.8) is 0 Å². The molecule has 3 heteroatoms. The van der Waals surface area contributed by atoms with Gasteiger partial charge in [-0.2, -0.15) is 0 Å². The molecule has 4 rings (SSSR count). The molecule has 0 bridgehead atoms. The Bertz CT molecular complexity index is 824. The van der Waals surface area contributed by atoms with Crippen LogP contribution in [-0.2, 0) is 4.74 Å². The average molecular weight is 389 g/mol. The number of nitrogens with zero attached hydrogens (tertiary/aromatic N) is 2. The molecule has 0 amide bonds. The van der Waals surface area contributed by atoms with Crippen molar-refractivity contribution >= 4 is 12.4 Å². The molecule has 0 fully saturated rings. The maximum atomic E-state index is 5.79. The van der Waals surface area contributed by atoms with Crippen molar-refractivity contribution in [1.29, 1.82) is 0 Å².